The Morgan fingerprint density at radius 1 is 1.08 bits per heavy atom. The first-order chi connectivity index (χ1) is 11.1. The van der Waals surface area contributed by atoms with E-state index >= 15 is 0 Å². The summed E-state index contributed by atoms with van der Waals surface area (Å²) in [6.07, 6.45) is 6.65. The van der Waals surface area contributed by atoms with Crippen LogP contribution in [0, 0.1) is 23.6 Å². The summed E-state index contributed by atoms with van der Waals surface area (Å²) >= 11 is 0. The van der Waals surface area contributed by atoms with Crippen LogP contribution in [-0.4, -0.2) is 18.0 Å². The van der Waals surface area contributed by atoms with Crippen molar-refractivity contribution < 1.29 is 9.18 Å². The number of halogens is 2. The van der Waals surface area contributed by atoms with Crippen LogP contribution in [0.4, 0.5) is 4.39 Å². The van der Waals surface area contributed by atoms with Crippen LogP contribution < -0.4 is 11.1 Å². The molecule has 3 aliphatic rings. The van der Waals surface area contributed by atoms with E-state index in [4.69, 9.17) is 5.73 Å². The van der Waals surface area contributed by atoms with E-state index in [9.17, 15) is 9.18 Å². The average Bonchev–Trinajstić information content (AvgIpc) is 3.29. The van der Waals surface area contributed by atoms with Crippen LogP contribution in [0.5, 0.6) is 0 Å². The van der Waals surface area contributed by atoms with Gasteiger partial charge in [-0.2, -0.15) is 0 Å². The molecule has 132 valence electrons. The van der Waals surface area contributed by atoms with Gasteiger partial charge in [-0.25, -0.2) is 4.39 Å². The minimum Gasteiger partial charge on any atom is -0.353 e. The first-order valence-corrected chi connectivity index (χ1v) is 8.93. The molecular weight excluding hydrogens is 327 g/mol. The van der Waals surface area contributed by atoms with Gasteiger partial charge in [-0.1, -0.05) is 18.6 Å². The van der Waals surface area contributed by atoms with E-state index in [-0.39, 0.29) is 36.0 Å². The second-order valence-electron chi connectivity index (χ2n) is 7.72. The molecule has 2 bridgehead atoms. The second-order valence-corrected chi connectivity index (χ2v) is 7.72. The van der Waals surface area contributed by atoms with Gasteiger partial charge in [-0.15, -0.1) is 12.4 Å². The number of carbonyl (C=O) groups excluding carboxylic acids is 1. The third kappa shape index (κ3) is 3.45. The molecule has 3 aliphatic carbocycles. The van der Waals surface area contributed by atoms with Crippen LogP contribution >= 0.6 is 12.4 Å². The molecule has 3 nitrogen and oxygen atoms in total. The maximum absolute atomic E-state index is 13.0. The monoisotopic (exact) mass is 352 g/mol. The van der Waals surface area contributed by atoms with Crippen molar-refractivity contribution in [2.75, 3.05) is 0 Å². The predicted octanol–water partition coefficient (Wildman–Crippen LogP) is 3.37. The van der Waals surface area contributed by atoms with Crippen LogP contribution in [0.3, 0.4) is 0 Å². The fourth-order valence-corrected chi connectivity index (χ4v) is 4.86. The van der Waals surface area contributed by atoms with Gasteiger partial charge in [0.2, 0.25) is 5.91 Å². The third-order valence-corrected chi connectivity index (χ3v) is 6.11. The maximum atomic E-state index is 13.0. The minimum absolute atomic E-state index is 0. The molecule has 5 heteroatoms. The van der Waals surface area contributed by atoms with Crippen molar-refractivity contribution in [3.05, 3.63) is 35.6 Å². The zero-order valence-corrected chi connectivity index (χ0v) is 14.6. The van der Waals surface area contributed by atoms with Gasteiger partial charge < -0.3 is 11.1 Å². The van der Waals surface area contributed by atoms with E-state index < -0.39 is 0 Å². The number of hydrogen-bond donors (Lipinski definition) is 2. The maximum Gasteiger partial charge on any atom is 0.223 e. The topological polar surface area (TPSA) is 55.1 Å². The normalized spacial score (nSPS) is 37.2. The summed E-state index contributed by atoms with van der Waals surface area (Å²) in [5, 5.41) is 3.35. The first-order valence-electron chi connectivity index (χ1n) is 8.93. The van der Waals surface area contributed by atoms with Crippen molar-refractivity contribution in [2.45, 2.75) is 56.5 Å². The van der Waals surface area contributed by atoms with Crippen LogP contribution in [0.15, 0.2) is 24.3 Å². The fraction of sp³-hybridized carbons (Fsp3) is 0.632. The van der Waals surface area contributed by atoms with Crippen molar-refractivity contribution in [1.82, 2.24) is 5.32 Å². The Morgan fingerprint density at radius 3 is 2.33 bits per heavy atom. The summed E-state index contributed by atoms with van der Waals surface area (Å²) in [4.78, 5) is 12.6. The molecule has 1 aromatic carbocycles. The van der Waals surface area contributed by atoms with E-state index in [0.717, 1.165) is 24.8 Å². The molecule has 0 radical (unpaired) electrons. The molecule has 0 spiro atoms. The molecule has 4 rings (SSSR count). The zero-order valence-electron chi connectivity index (χ0n) is 13.8. The Morgan fingerprint density at radius 2 is 1.71 bits per heavy atom. The molecule has 4 unspecified atom stereocenters. The molecule has 0 aliphatic heterocycles. The van der Waals surface area contributed by atoms with Crippen molar-refractivity contribution >= 4 is 18.3 Å². The Kier molecular flexibility index (Phi) is 5.16. The highest BCUT2D eigenvalue weighted by Crippen LogP contribution is 2.48. The molecule has 4 atom stereocenters. The summed E-state index contributed by atoms with van der Waals surface area (Å²) in [6, 6.07) is 7.21. The Hall–Kier alpha value is -1.13. The SMILES string of the molecule is Cl.NC1CC2CCCC(C1)C2NC(=O)C1CC1c1ccc(F)cc1. The van der Waals surface area contributed by atoms with Gasteiger partial charge in [0.05, 0.1) is 0 Å². The molecule has 3 N–H and O–H groups in total. The highest BCUT2D eigenvalue weighted by atomic mass is 35.5. The molecule has 1 amide bonds. The zero-order chi connectivity index (χ0) is 16.0. The number of hydrogen-bond acceptors (Lipinski definition) is 2. The molecule has 0 heterocycles. The molecular formula is C19H26ClFN2O. The predicted molar refractivity (Wildman–Crippen MR) is 94.5 cm³/mol. The van der Waals surface area contributed by atoms with Gasteiger partial charge in [0.15, 0.2) is 0 Å². The summed E-state index contributed by atoms with van der Waals surface area (Å²) < 4.78 is 13.0. The molecule has 1 aromatic rings. The Bertz CT molecular complexity index is 580. The number of fused-ring (bicyclic) bond motifs is 2. The van der Waals surface area contributed by atoms with Crippen LogP contribution in [-0.2, 0) is 4.79 Å². The lowest BCUT2D eigenvalue weighted by Gasteiger charge is -2.45. The van der Waals surface area contributed by atoms with Gasteiger partial charge in [0.25, 0.3) is 0 Å². The lowest BCUT2D eigenvalue weighted by molar-refractivity contribution is -0.124. The molecule has 0 saturated heterocycles. The van der Waals surface area contributed by atoms with E-state index in [1.54, 1.807) is 0 Å². The molecule has 3 fully saturated rings. The minimum atomic E-state index is -0.221. The van der Waals surface area contributed by atoms with Gasteiger partial charge in [0.1, 0.15) is 5.82 Å². The van der Waals surface area contributed by atoms with Crippen molar-refractivity contribution in [3.8, 4) is 0 Å². The average molecular weight is 353 g/mol. The van der Waals surface area contributed by atoms with Gasteiger partial charge in [-0.3, -0.25) is 4.79 Å². The summed E-state index contributed by atoms with van der Waals surface area (Å²) in [7, 11) is 0. The van der Waals surface area contributed by atoms with Crippen molar-refractivity contribution in [3.63, 3.8) is 0 Å². The number of nitrogens with two attached hydrogens (primary N) is 1. The van der Waals surface area contributed by atoms with E-state index in [2.05, 4.69) is 5.32 Å². The van der Waals surface area contributed by atoms with E-state index in [1.807, 2.05) is 12.1 Å². The highest BCUT2D eigenvalue weighted by molar-refractivity contribution is 5.85. The van der Waals surface area contributed by atoms with E-state index in [1.165, 1.54) is 31.4 Å². The third-order valence-electron chi connectivity index (χ3n) is 6.11. The summed E-state index contributed by atoms with van der Waals surface area (Å²) in [5.41, 5.74) is 7.24. The molecule has 3 saturated carbocycles. The van der Waals surface area contributed by atoms with Gasteiger partial charge in [0, 0.05) is 18.0 Å². The summed E-state index contributed by atoms with van der Waals surface area (Å²) in [6.45, 7) is 0. The lowest BCUT2D eigenvalue weighted by Crippen LogP contribution is -2.54. The Labute approximate surface area is 149 Å². The Balaban J connectivity index is 0.00000169. The van der Waals surface area contributed by atoms with Gasteiger partial charge >= 0.3 is 0 Å². The van der Waals surface area contributed by atoms with Crippen LogP contribution in [0.1, 0.15) is 50.0 Å². The first kappa shape index (κ1) is 17.7. The van der Waals surface area contributed by atoms with Crippen LogP contribution in [0.2, 0.25) is 0 Å². The highest BCUT2D eigenvalue weighted by Gasteiger charge is 2.47. The largest absolute Gasteiger partial charge is 0.353 e. The quantitative estimate of drug-likeness (QED) is 0.876. The number of benzene rings is 1. The number of rotatable bonds is 3. The standard InChI is InChI=1S/C19H25FN2O.ClH/c20-14-6-4-11(5-7-14)16-10-17(16)19(23)22-18-12-2-1-3-13(18)9-15(21)8-12;/h4-7,12-13,15-18H,1-3,8-10,21H2,(H,22,23);1H. The number of amides is 1. The fourth-order valence-electron chi connectivity index (χ4n) is 4.86. The molecule has 24 heavy (non-hydrogen) atoms. The van der Waals surface area contributed by atoms with E-state index in [0.29, 0.717) is 23.9 Å². The smallest absolute Gasteiger partial charge is 0.223 e. The molecule has 0 aromatic heterocycles. The number of carbonyl (C=O) groups is 1. The van der Waals surface area contributed by atoms with Crippen molar-refractivity contribution in [2.24, 2.45) is 23.5 Å². The number of nitrogens with one attached hydrogen (secondary N) is 1. The lowest BCUT2D eigenvalue weighted by atomic mass is 9.67. The second kappa shape index (κ2) is 7.01. The van der Waals surface area contributed by atoms with Crippen molar-refractivity contribution in [1.29, 1.82) is 0 Å². The van der Waals surface area contributed by atoms with Gasteiger partial charge in [-0.05, 0) is 67.6 Å². The van der Waals surface area contributed by atoms with Crippen LogP contribution in [0.25, 0.3) is 0 Å². The summed E-state index contributed by atoms with van der Waals surface area (Å²) in [5.74, 6) is 1.42.